The lowest BCUT2D eigenvalue weighted by Crippen LogP contribution is -2.64. The zero-order valence-electron chi connectivity index (χ0n) is 21.4. The van der Waals surface area contributed by atoms with Crippen LogP contribution in [0.25, 0.3) is 11.3 Å². The zero-order valence-corrected chi connectivity index (χ0v) is 21.4. The number of alkyl halides is 2. The minimum absolute atomic E-state index is 0.00478. The first-order valence-electron chi connectivity index (χ1n) is 12.6. The molecule has 0 saturated carbocycles. The topological polar surface area (TPSA) is 65.8 Å². The molecular weight excluding hydrogens is 476 g/mol. The van der Waals surface area contributed by atoms with Gasteiger partial charge in [0.2, 0.25) is 11.8 Å². The fourth-order valence-corrected chi connectivity index (χ4v) is 4.85. The molecule has 2 heterocycles. The fourth-order valence-electron chi connectivity index (χ4n) is 4.85. The largest absolute Gasteiger partial charge is 0.464 e. The van der Waals surface area contributed by atoms with E-state index in [9.17, 15) is 18.4 Å². The quantitative estimate of drug-likeness (QED) is 0.450. The number of carbonyl (C=O) groups excluding carboxylic acids is 2. The minimum Gasteiger partial charge on any atom is -0.464 e. The average molecular weight is 510 g/mol. The summed E-state index contributed by atoms with van der Waals surface area (Å²) in [5.74, 6) is 0.145. The molecule has 1 fully saturated rings. The lowest BCUT2D eigenvalue weighted by Gasteiger charge is -2.45. The summed E-state index contributed by atoms with van der Waals surface area (Å²) in [4.78, 5) is 30.1. The highest BCUT2D eigenvalue weighted by molar-refractivity contribution is 5.89. The van der Waals surface area contributed by atoms with Crippen LogP contribution in [0.15, 0.2) is 71.3 Å². The Bertz CT molecular complexity index is 1200. The van der Waals surface area contributed by atoms with Crippen molar-refractivity contribution in [2.75, 3.05) is 13.1 Å². The van der Waals surface area contributed by atoms with E-state index in [1.807, 2.05) is 62.1 Å². The predicted molar refractivity (Wildman–Crippen MR) is 138 cm³/mol. The van der Waals surface area contributed by atoms with E-state index in [1.54, 1.807) is 29.4 Å². The van der Waals surface area contributed by atoms with E-state index in [0.29, 0.717) is 18.7 Å². The summed E-state index contributed by atoms with van der Waals surface area (Å²) in [6.07, 6.45) is -0.954. The number of rotatable bonds is 8. The van der Waals surface area contributed by atoms with Crippen LogP contribution in [0.5, 0.6) is 0 Å². The Kier molecular flexibility index (Phi) is 8.38. The van der Waals surface area contributed by atoms with Crippen molar-refractivity contribution in [2.45, 2.75) is 52.4 Å². The molecule has 3 aromatic rings. The number of carbonyl (C=O) groups is 2. The van der Waals surface area contributed by atoms with Gasteiger partial charge in [0.15, 0.2) is 0 Å². The van der Waals surface area contributed by atoms with Crippen molar-refractivity contribution in [1.82, 2.24) is 15.1 Å². The molecule has 1 saturated heterocycles. The standard InChI is InChI=1S/C29H33F2N3O3/c1-19(2)29(36)34-20(3)16-33(17-23-7-4-5-8-24(23)27(30)31)18-25(34)28(35)32-15-21-10-12-22(13-11-21)26-9-6-14-37-26/h4-14,19-20,25,27H,15-18H2,1-3H3,(H,32,35). The minimum atomic E-state index is -2.57. The normalized spacial score (nSPS) is 18.4. The Balaban J connectivity index is 1.48. The van der Waals surface area contributed by atoms with E-state index in [-0.39, 0.29) is 42.4 Å². The molecule has 2 unspecified atom stereocenters. The van der Waals surface area contributed by atoms with Crippen molar-refractivity contribution >= 4 is 11.8 Å². The number of benzene rings is 2. The maximum Gasteiger partial charge on any atom is 0.264 e. The van der Waals surface area contributed by atoms with Crippen LogP contribution in [0.1, 0.15) is 43.9 Å². The van der Waals surface area contributed by atoms with Gasteiger partial charge in [-0.2, -0.15) is 0 Å². The molecule has 196 valence electrons. The second kappa shape index (κ2) is 11.7. The van der Waals surface area contributed by atoms with Crippen molar-refractivity contribution in [1.29, 1.82) is 0 Å². The molecule has 37 heavy (non-hydrogen) atoms. The molecule has 0 radical (unpaired) electrons. The van der Waals surface area contributed by atoms with Crippen LogP contribution in [0.4, 0.5) is 8.78 Å². The summed E-state index contributed by atoms with van der Waals surface area (Å²) in [5.41, 5.74) is 2.38. The number of piperazine rings is 1. The predicted octanol–water partition coefficient (Wildman–Crippen LogP) is 5.26. The summed E-state index contributed by atoms with van der Waals surface area (Å²) in [6.45, 7) is 6.88. The molecule has 0 aliphatic carbocycles. The molecule has 8 heteroatoms. The van der Waals surface area contributed by atoms with Gasteiger partial charge in [-0.25, -0.2) is 8.78 Å². The van der Waals surface area contributed by atoms with E-state index in [0.717, 1.165) is 16.9 Å². The first kappa shape index (κ1) is 26.5. The molecular formula is C29H33F2N3O3. The maximum absolute atomic E-state index is 13.5. The zero-order chi connectivity index (χ0) is 26.5. The SMILES string of the molecule is CC(C)C(=O)N1C(C)CN(Cc2ccccc2C(F)F)CC1C(=O)NCc1ccc(-c2ccco2)cc1. The molecule has 1 N–H and O–H groups in total. The van der Waals surface area contributed by atoms with E-state index in [4.69, 9.17) is 4.42 Å². The van der Waals surface area contributed by atoms with Gasteiger partial charge >= 0.3 is 0 Å². The number of hydrogen-bond acceptors (Lipinski definition) is 4. The van der Waals surface area contributed by atoms with Crippen LogP contribution < -0.4 is 5.32 Å². The van der Waals surface area contributed by atoms with Gasteiger partial charge in [0.1, 0.15) is 11.8 Å². The number of amides is 2. The molecule has 2 amide bonds. The first-order valence-corrected chi connectivity index (χ1v) is 12.6. The molecule has 0 spiro atoms. The molecule has 6 nitrogen and oxygen atoms in total. The Morgan fingerprint density at radius 2 is 1.76 bits per heavy atom. The van der Waals surface area contributed by atoms with Gasteiger partial charge in [0.25, 0.3) is 6.43 Å². The molecule has 2 atom stereocenters. The molecule has 2 aromatic carbocycles. The second-order valence-corrected chi connectivity index (χ2v) is 9.85. The van der Waals surface area contributed by atoms with Crippen molar-refractivity contribution < 1.29 is 22.8 Å². The third-order valence-electron chi connectivity index (χ3n) is 6.73. The summed E-state index contributed by atoms with van der Waals surface area (Å²) < 4.78 is 32.5. The van der Waals surface area contributed by atoms with Gasteiger partial charge in [-0.1, -0.05) is 62.4 Å². The van der Waals surface area contributed by atoms with Crippen molar-refractivity contribution in [3.05, 3.63) is 83.6 Å². The van der Waals surface area contributed by atoms with Crippen LogP contribution >= 0.6 is 0 Å². The van der Waals surface area contributed by atoms with Gasteiger partial charge in [-0.15, -0.1) is 0 Å². The molecule has 0 bridgehead atoms. The average Bonchev–Trinajstić information content (AvgIpc) is 3.42. The van der Waals surface area contributed by atoms with Crippen LogP contribution in [-0.4, -0.2) is 46.8 Å². The highest BCUT2D eigenvalue weighted by Gasteiger charge is 2.40. The monoisotopic (exact) mass is 509 g/mol. The van der Waals surface area contributed by atoms with Crippen LogP contribution in [0.3, 0.4) is 0 Å². The lowest BCUT2D eigenvalue weighted by molar-refractivity contribution is -0.150. The Labute approximate surface area is 216 Å². The Morgan fingerprint density at radius 1 is 1.03 bits per heavy atom. The fraction of sp³-hybridized carbons (Fsp3) is 0.379. The Morgan fingerprint density at radius 3 is 2.41 bits per heavy atom. The molecule has 1 aliphatic heterocycles. The van der Waals surface area contributed by atoms with E-state index < -0.39 is 12.5 Å². The Hall–Kier alpha value is -3.52. The number of furan rings is 1. The summed E-state index contributed by atoms with van der Waals surface area (Å²) in [5, 5.41) is 2.98. The van der Waals surface area contributed by atoms with E-state index in [2.05, 4.69) is 5.32 Å². The van der Waals surface area contributed by atoms with Gasteiger partial charge in [-0.3, -0.25) is 14.5 Å². The summed E-state index contributed by atoms with van der Waals surface area (Å²) in [6, 6.07) is 16.9. The third kappa shape index (κ3) is 6.25. The maximum atomic E-state index is 13.5. The van der Waals surface area contributed by atoms with Crippen LogP contribution in [0, 0.1) is 5.92 Å². The van der Waals surface area contributed by atoms with Crippen LogP contribution in [-0.2, 0) is 22.7 Å². The first-order chi connectivity index (χ1) is 17.7. The third-order valence-corrected chi connectivity index (χ3v) is 6.73. The van der Waals surface area contributed by atoms with Crippen molar-refractivity contribution in [3.63, 3.8) is 0 Å². The second-order valence-electron chi connectivity index (χ2n) is 9.85. The highest BCUT2D eigenvalue weighted by atomic mass is 19.3. The lowest BCUT2D eigenvalue weighted by atomic mass is 10.0. The van der Waals surface area contributed by atoms with E-state index >= 15 is 0 Å². The van der Waals surface area contributed by atoms with Crippen molar-refractivity contribution in [3.8, 4) is 11.3 Å². The van der Waals surface area contributed by atoms with Gasteiger partial charge in [-0.05, 0) is 30.2 Å². The van der Waals surface area contributed by atoms with Gasteiger partial charge in [0.05, 0.1) is 6.26 Å². The molecule has 1 aromatic heterocycles. The smallest absolute Gasteiger partial charge is 0.264 e. The molecule has 1 aliphatic rings. The highest BCUT2D eigenvalue weighted by Crippen LogP contribution is 2.26. The summed E-state index contributed by atoms with van der Waals surface area (Å²) in [7, 11) is 0. The number of hydrogen-bond donors (Lipinski definition) is 1. The van der Waals surface area contributed by atoms with Crippen LogP contribution in [0.2, 0.25) is 0 Å². The van der Waals surface area contributed by atoms with Gasteiger partial charge < -0.3 is 14.6 Å². The molecule has 4 rings (SSSR count). The number of nitrogens with zero attached hydrogens (tertiary/aromatic N) is 2. The summed E-state index contributed by atoms with van der Waals surface area (Å²) >= 11 is 0. The number of halogens is 2. The van der Waals surface area contributed by atoms with Gasteiger partial charge in [0, 0.05) is 49.3 Å². The van der Waals surface area contributed by atoms with E-state index in [1.165, 1.54) is 6.07 Å². The van der Waals surface area contributed by atoms with Crippen molar-refractivity contribution in [2.24, 2.45) is 5.92 Å². The number of nitrogens with one attached hydrogen (secondary N) is 1.